The first-order chi connectivity index (χ1) is 21.4. The van der Waals surface area contributed by atoms with Crippen LogP contribution in [0.3, 0.4) is 0 Å². The number of nitrogens with zero attached hydrogens (tertiary/aromatic N) is 4. The zero-order valence-electron chi connectivity index (χ0n) is 24.1. The van der Waals surface area contributed by atoms with Crippen molar-refractivity contribution in [3.8, 4) is 22.9 Å². The Bertz CT molecular complexity index is 1770. The van der Waals surface area contributed by atoms with Crippen molar-refractivity contribution in [3.05, 3.63) is 108 Å². The van der Waals surface area contributed by atoms with Gasteiger partial charge in [-0.25, -0.2) is 4.98 Å². The second-order valence-corrected chi connectivity index (χ2v) is 10.1. The molecule has 11 heteroatoms. The topological polar surface area (TPSA) is 177 Å². The summed E-state index contributed by atoms with van der Waals surface area (Å²) in [5, 5.41) is 2.95. The molecular weight excluding hydrogens is 556 g/mol. The second kappa shape index (κ2) is 14.0. The van der Waals surface area contributed by atoms with Crippen molar-refractivity contribution >= 4 is 28.8 Å². The van der Waals surface area contributed by atoms with Crippen molar-refractivity contribution in [3.63, 3.8) is 0 Å². The van der Waals surface area contributed by atoms with Crippen molar-refractivity contribution in [1.82, 2.24) is 19.9 Å². The van der Waals surface area contributed by atoms with Gasteiger partial charge in [0.2, 0.25) is 5.91 Å². The van der Waals surface area contributed by atoms with Crippen LogP contribution in [0.25, 0.3) is 22.4 Å². The molecule has 0 aliphatic rings. The molecule has 0 fully saturated rings. The van der Waals surface area contributed by atoms with Crippen LogP contribution in [-0.4, -0.2) is 45.4 Å². The third-order valence-corrected chi connectivity index (χ3v) is 7.01. The number of primary amides is 1. The second-order valence-electron chi connectivity index (χ2n) is 10.1. The van der Waals surface area contributed by atoms with Gasteiger partial charge in [-0.3, -0.25) is 19.6 Å². The van der Waals surface area contributed by atoms with Crippen LogP contribution >= 0.6 is 0 Å². The van der Waals surface area contributed by atoms with E-state index >= 15 is 0 Å². The number of guanidine groups is 1. The summed E-state index contributed by atoms with van der Waals surface area (Å²) in [6.07, 6.45) is 3.19. The third-order valence-electron chi connectivity index (χ3n) is 7.01. The summed E-state index contributed by atoms with van der Waals surface area (Å²) < 4.78 is 8.05. The van der Waals surface area contributed by atoms with Gasteiger partial charge in [0.25, 0.3) is 5.91 Å². The molecule has 0 saturated carbocycles. The Labute approximate surface area is 254 Å². The standard InChI is InChI=1S/C33H34N8O3/c34-30(42)28(13-8-19-39-33(35)36)41-27-16-15-22(32(43)38-20-17-23-9-6-7-18-37-23)21-26(27)40-31(41)25-12-4-5-14-29(25)44-24-10-2-1-3-11-24/h1-7,9-12,14-16,18,21,28H,8,13,17,19-20H2,(H2,34,42)(H,38,43)(H4,35,36,39). The first kappa shape index (κ1) is 29.8. The maximum Gasteiger partial charge on any atom is 0.251 e. The Morgan fingerprint density at radius 3 is 2.45 bits per heavy atom. The smallest absolute Gasteiger partial charge is 0.251 e. The molecule has 0 aliphatic carbocycles. The summed E-state index contributed by atoms with van der Waals surface area (Å²) >= 11 is 0. The molecule has 0 radical (unpaired) electrons. The molecule has 11 nitrogen and oxygen atoms in total. The summed E-state index contributed by atoms with van der Waals surface area (Å²) in [5.74, 6) is 0.878. The summed E-state index contributed by atoms with van der Waals surface area (Å²) in [7, 11) is 0. The summed E-state index contributed by atoms with van der Waals surface area (Å²) in [6.45, 7) is 0.766. The Balaban J connectivity index is 1.52. The minimum absolute atomic E-state index is 0.0211. The summed E-state index contributed by atoms with van der Waals surface area (Å²) in [5.41, 5.74) is 20.1. The van der Waals surface area contributed by atoms with Gasteiger partial charge < -0.3 is 31.8 Å². The molecule has 0 bridgehead atoms. The summed E-state index contributed by atoms with van der Waals surface area (Å²) in [6, 6.07) is 26.9. The fourth-order valence-corrected chi connectivity index (χ4v) is 4.94. The molecule has 224 valence electrons. The van der Waals surface area contributed by atoms with Crippen LogP contribution in [0.5, 0.6) is 11.5 Å². The first-order valence-corrected chi connectivity index (χ1v) is 14.3. The lowest BCUT2D eigenvalue weighted by atomic mass is 10.1. The zero-order valence-corrected chi connectivity index (χ0v) is 24.1. The molecule has 5 aromatic rings. The maximum absolute atomic E-state index is 13.1. The van der Waals surface area contributed by atoms with E-state index in [0.717, 1.165) is 5.69 Å². The number of nitrogens with one attached hydrogen (secondary N) is 1. The van der Waals surface area contributed by atoms with Crippen LogP contribution in [0.4, 0.5) is 0 Å². The van der Waals surface area contributed by atoms with Gasteiger partial charge in [-0.15, -0.1) is 0 Å². The van der Waals surface area contributed by atoms with Gasteiger partial charge in [0, 0.05) is 37.0 Å². The first-order valence-electron chi connectivity index (χ1n) is 14.3. The van der Waals surface area contributed by atoms with Crippen LogP contribution in [0.15, 0.2) is 102 Å². The van der Waals surface area contributed by atoms with Crippen LogP contribution in [-0.2, 0) is 11.2 Å². The van der Waals surface area contributed by atoms with Crippen LogP contribution in [0, 0.1) is 0 Å². The number of benzene rings is 3. The van der Waals surface area contributed by atoms with Gasteiger partial charge in [-0.1, -0.05) is 36.4 Å². The highest BCUT2D eigenvalue weighted by atomic mass is 16.5. The number of para-hydroxylation sites is 2. The van der Waals surface area contributed by atoms with E-state index < -0.39 is 11.9 Å². The predicted octanol–water partition coefficient (Wildman–Crippen LogP) is 3.94. The lowest BCUT2D eigenvalue weighted by Gasteiger charge is -2.20. The highest BCUT2D eigenvalue weighted by Gasteiger charge is 2.26. The number of rotatable bonds is 13. The van der Waals surface area contributed by atoms with E-state index in [-0.39, 0.29) is 11.9 Å². The quantitative estimate of drug-likeness (QED) is 0.0911. The van der Waals surface area contributed by atoms with Crippen LogP contribution in [0.1, 0.15) is 34.9 Å². The number of aliphatic imine (C=N–C) groups is 1. The number of carbonyl (C=O) groups is 2. The number of hydrogen-bond acceptors (Lipinski definition) is 6. The van der Waals surface area contributed by atoms with Gasteiger partial charge in [-0.05, 0) is 67.4 Å². The van der Waals surface area contributed by atoms with Gasteiger partial charge >= 0.3 is 0 Å². The predicted molar refractivity (Wildman–Crippen MR) is 170 cm³/mol. The molecule has 2 heterocycles. The van der Waals surface area contributed by atoms with Crippen molar-refractivity contribution in [2.75, 3.05) is 13.1 Å². The lowest BCUT2D eigenvalue weighted by Crippen LogP contribution is -2.28. The highest BCUT2D eigenvalue weighted by molar-refractivity contribution is 5.98. The normalized spacial score (nSPS) is 11.5. The third kappa shape index (κ3) is 7.19. The SMILES string of the molecule is NC(=O)C(CCCN=C(N)N)n1c(-c2ccccc2Oc2ccccc2)nc2cc(C(=O)NCCc3ccccn3)ccc21. The van der Waals surface area contributed by atoms with Crippen molar-refractivity contribution in [1.29, 1.82) is 0 Å². The molecule has 44 heavy (non-hydrogen) atoms. The number of aromatic nitrogens is 3. The average Bonchev–Trinajstić information content (AvgIpc) is 3.40. The number of fused-ring (bicyclic) bond motifs is 1. The number of ether oxygens (including phenoxy) is 1. The number of amides is 2. The molecule has 0 saturated heterocycles. The molecule has 7 N–H and O–H groups in total. The van der Waals surface area contributed by atoms with E-state index in [1.807, 2.05) is 77.4 Å². The molecule has 2 amide bonds. The fraction of sp³-hybridized carbons (Fsp3) is 0.182. The molecule has 0 aliphatic heterocycles. The molecule has 2 aromatic heterocycles. The maximum atomic E-state index is 13.1. The Hall–Kier alpha value is -5.71. The number of pyridine rings is 1. The lowest BCUT2D eigenvalue weighted by molar-refractivity contribution is -0.121. The molecule has 1 atom stereocenters. The van der Waals surface area contributed by atoms with Gasteiger partial charge in [-0.2, -0.15) is 0 Å². The Morgan fingerprint density at radius 2 is 1.70 bits per heavy atom. The fourth-order valence-electron chi connectivity index (χ4n) is 4.94. The van der Waals surface area contributed by atoms with Crippen LogP contribution in [0.2, 0.25) is 0 Å². The average molecular weight is 591 g/mol. The Morgan fingerprint density at radius 1 is 0.932 bits per heavy atom. The molecule has 0 spiro atoms. The van der Waals surface area contributed by atoms with Crippen molar-refractivity contribution < 1.29 is 14.3 Å². The number of nitrogens with two attached hydrogens (primary N) is 3. The van der Waals surface area contributed by atoms with Crippen molar-refractivity contribution in [2.24, 2.45) is 22.2 Å². The van der Waals surface area contributed by atoms with E-state index in [0.29, 0.717) is 71.8 Å². The van der Waals surface area contributed by atoms with E-state index in [4.69, 9.17) is 26.9 Å². The monoisotopic (exact) mass is 590 g/mol. The molecular formula is C33H34N8O3. The molecule has 5 rings (SSSR count). The largest absolute Gasteiger partial charge is 0.457 e. The summed E-state index contributed by atoms with van der Waals surface area (Å²) in [4.78, 5) is 39.3. The van der Waals surface area contributed by atoms with E-state index in [2.05, 4.69) is 15.3 Å². The minimum atomic E-state index is -0.771. The van der Waals surface area contributed by atoms with Gasteiger partial charge in [0.15, 0.2) is 5.96 Å². The van der Waals surface area contributed by atoms with Gasteiger partial charge in [0.1, 0.15) is 23.4 Å². The molecule has 1 unspecified atom stereocenters. The number of hydrogen-bond donors (Lipinski definition) is 4. The number of carbonyl (C=O) groups excluding carboxylic acids is 2. The molecule has 3 aromatic carbocycles. The van der Waals surface area contributed by atoms with Gasteiger partial charge in [0.05, 0.1) is 16.6 Å². The minimum Gasteiger partial charge on any atom is -0.457 e. The van der Waals surface area contributed by atoms with E-state index in [9.17, 15) is 9.59 Å². The Kier molecular flexibility index (Phi) is 9.45. The number of imidazole rings is 1. The zero-order chi connectivity index (χ0) is 30.9. The van der Waals surface area contributed by atoms with E-state index in [1.54, 1.807) is 24.4 Å². The van der Waals surface area contributed by atoms with Crippen molar-refractivity contribution in [2.45, 2.75) is 25.3 Å². The highest BCUT2D eigenvalue weighted by Crippen LogP contribution is 2.37. The van der Waals surface area contributed by atoms with E-state index in [1.165, 1.54) is 0 Å². The van der Waals surface area contributed by atoms with Crippen LogP contribution < -0.4 is 27.3 Å².